The van der Waals surface area contributed by atoms with Gasteiger partial charge >= 0.3 is 0 Å². The molecule has 2 nitrogen and oxygen atoms in total. The summed E-state index contributed by atoms with van der Waals surface area (Å²) in [6.45, 7) is 4.02. The standard InChI is InChI=1S/C11H12O2/c1-8(2)10-4-3-9(7-12)5-11(13)6-10/h3-8H,1-2H3. The molecular weight excluding hydrogens is 164 g/mol. The third kappa shape index (κ3) is 2.51. The molecule has 0 N–H and O–H groups in total. The van der Waals surface area contributed by atoms with Gasteiger partial charge in [0, 0.05) is 5.56 Å². The lowest BCUT2D eigenvalue weighted by Crippen LogP contribution is -1.95. The molecule has 68 valence electrons. The average molecular weight is 176 g/mol. The molecule has 0 radical (unpaired) electrons. The Morgan fingerprint density at radius 1 is 1.23 bits per heavy atom. The van der Waals surface area contributed by atoms with Crippen molar-refractivity contribution in [3.63, 3.8) is 0 Å². The van der Waals surface area contributed by atoms with E-state index in [-0.39, 0.29) is 5.43 Å². The van der Waals surface area contributed by atoms with Crippen molar-refractivity contribution >= 4 is 6.29 Å². The highest BCUT2D eigenvalue weighted by Crippen LogP contribution is 2.10. The van der Waals surface area contributed by atoms with Crippen LogP contribution in [0.2, 0.25) is 0 Å². The lowest BCUT2D eigenvalue weighted by atomic mass is 10.1. The second-order valence-corrected chi connectivity index (χ2v) is 3.30. The highest BCUT2D eigenvalue weighted by molar-refractivity contribution is 5.74. The molecule has 0 aliphatic carbocycles. The molecule has 2 heteroatoms. The number of aldehydes is 1. The summed E-state index contributed by atoms with van der Waals surface area (Å²) in [7, 11) is 0. The molecule has 0 saturated carbocycles. The van der Waals surface area contributed by atoms with E-state index in [1.165, 1.54) is 6.07 Å². The van der Waals surface area contributed by atoms with E-state index in [2.05, 4.69) is 0 Å². The van der Waals surface area contributed by atoms with E-state index in [0.717, 1.165) is 5.56 Å². The van der Waals surface area contributed by atoms with E-state index in [0.29, 0.717) is 17.8 Å². The van der Waals surface area contributed by atoms with Crippen LogP contribution in [0.25, 0.3) is 0 Å². The summed E-state index contributed by atoms with van der Waals surface area (Å²) in [5.41, 5.74) is 1.27. The monoisotopic (exact) mass is 176 g/mol. The number of hydrogen-bond acceptors (Lipinski definition) is 2. The smallest absolute Gasteiger partial charge is 0.179 e. The third-order valence-electron chi connectivity index (χ3n) is 1.89. The molecule has 0 bridgehead atoms. The average Bonchev–Trinajstić information content (AvgIpc) is 2.26. The fourth-order valence-corrected chi connectivity index (χ4v) is 1.09. The molecule has 0 unspecified atom stereocenters. The lowest BCUT2D eigenvalue weighted by molar-refractivity contribution is 0.112. The minimum atomic E-state index is -0.115. The van der Waals surface area contributed by atoms with Gasteiger partial charge in [-0.2, -0.15) is 0 Å². The molecule has 0 heterocycles. The molecule has 1 aromatic carbocycles. The first-order chi connectivity index (χ1) is 6.13. The minimum absolute atomic E-state index is 0.115. The second kappa shape index (κ2) is 3.99. The van der Waals surface area contributed by atoms with Crippen LogP contribution in [-0.4, -0.2) is 6.29 Å². The molecule has 0 saturated heterocycles. The predicted octanol–water partition coefficient (Wildman–Crippen LogP) is 1.98. The quantitative estimate of drug-likeness (QED) is 0.646. The van der Waals surface area contributed by atoms with Crippen molar-refractivity contribution in [2.45, 2.75) is 19.8 Å². The van der Waals surface area contributed by atoms with Gasteiger partial charge in [0.2, 0.25) is 0 Å². The molecule has 0 atom stereocenters. The van der Waals surface area contributed by atoms with Crippen molar-refractivity contribution in [3.05, 3.63) is 45.6 Å². The number of hydrogen-bond donors (Lipinski definition) is 0. The van der Waals surface area contributed by atoms with Crippen LogP contribution in [0, 0.1) is 0 Å². The number of carbonyl (C=O) groups is 1. The van der Waals surface area contributed by atoms with Crippen molar-refractivity contribution in [1.82, 2.24) is 0 Å². The fourth-order valence-electron chi connectivity index (χ4n) is 1.09. The Morgan fingerprint density at radius 3 is 2.46 bits per heavy atom. The maximum atomic E-state index is 11.2. The second-order valence-electron chi connectivity index (χ2n) is 3.30. The van der Waals surface area contributed by atoms with Crippen LogP contribution in [0.5, 0.6) is 0 Å². The van der Waals surface area contributed by atoms with E-state index in [9.17, 15) is 9.59 Å². The Morgan fingerprint density at radius 2 is 1.92 bits per heavy atom. The van der Waals surface area contributed by atoms with E-state index in [4.69, 9.17) is 0 Å². The van der Waals surface area contributed by atoms with Gasteiger partial charge in [0.1, 0.15) is 6.29 Å². The van der Waals surface area contributed by atoms with Gasteiger partial charge in [-0.05, 0) is 23.6 Å². The summed E-state index contributed by atoms with van der Waals surface area (Å²) in [5.74, 6) is 0.305. The van der Waals surface area contributed by atoms with Crippen LogP contribution < -0.4 is 5.43 Å². The molecule has 0 amide bonds. The largest absolute Gasteiger partial charge is 0.298 e. The zero-order valence-corrected chi connectivity index (χ0v) is 7.78. The zero-order valence-electron chi connectivity index (χ0n) is 7.78. The van der Waals surface area contributed by atoms with Gasteiger partial charge in [-0.3, -0.25) is 9.59 Å². The molecule has 1 rings (SSSR count). The lowest BCUT2D eigenvalue weighted by Gasteiger charge is -1.98. The van der Waals surface area contributed by atoms with Gasteiger partial charge in [-0.25, -0.2) is 0 Å². The molecule has 0 aromatic heterocycles. The summed E-state index contributed by atoms with van der Waals surface area (Å²) < 4.78 is 0. The van der Waals surface area contributed by atoms with Gasteiger partial charge < -0.3 is 0 Å². The van der Waals surface area contributed by atoms with Gasteiger partial charge in [0.25, 0.3) is 0 Å². The van der Waals surface area contributed by atoms with Gasteiger partial charge in [-0.15, -0.1) is 0 Å². The van der Waals surface area contributed by atoms with Crippen LogP contribution in [0.4, 0.5) is 0 Å². The van der Waals surface area contributed by atoms with Gasteiger partial charge in [-0.1, -0.05) is 26.0 Å². The zero-order chi connectivity index (χ0) is 9.84. The van der Waals surface area contributed by atoms with Crippen molar-refractivity contribution in [1.29, 1.82) is 0 Å². The third-order valence-corrected chi connectivity index (χ3v) is 1.89. The van der Waals surface area contributed by atoms with Crippen LogP contribution in [0.1, 0.15) is 35.7 Å². The van der Waals surface area contributed by atoms with Crippen molar-refractivity contribution in [3.8, 4) is 0 Å². The van der Waals surface area contributed by atoms with E-state index in [1.807, 2.05) is 19.9 Å². The van der Waals surface area contributed by atoms with Gasteiger partial charge in [0.05, 0.1) is 0 Å². The van der Waals surface area contributed by atoms with Crippen molar-refractivity contribution < 1.29 is 4.79 Å². The van der Waals surface area contributed by atoms with Gasteiger partial charge in [0.15, 0.2) is 5.43 Å². The maximum Gasteiger partial charge on any atom is 0.179 e. The summed E-state index contributed by atoms with van der Waals surface area (Å²) in [6.07, 6.45) is 0.686. The topological polar surface area (TPSA) is 34.1 Å². The van der Waals surface area contributed by atoms with Crippen molar-refractivity contribution in [2.24, 2.45) is 0 Å². The molecule has 0 fully saturated rings. The molecular formula is C11H12O2. The summed E-state index contributed by atoms with van der Waals surface area (Å²) in [4.78, 5) is 21.7. The predicted molar refractivity (Wildman–Crippen MR) is 52.2 cm³/mol. The Bertz CT molecular complexity index is 367. The fraction of sp³-hybridized carbons (Fsp3) is 0.273. The Kier molecular flexibility index (Phi) is 2.96. The maximum absolute atomic E-state index is 11.2. The first-order valence-corrected chi connectivity index (χ1v) is 4.24. The van der Waals surface area contributed by atoms with Crippen LogP contribution >= 0.6 is 0 Å². The molecule has 0 aliphatic heterocycles. The summed E-state index contributed by atoms with van der Waals surface area (Å²) >= 11 is 0. The minimum Gasteiger partial charge on any atom is -0.298 e. The SMILES string of the molecule is CC(C)c1ccc(C=O)cc(=O)c1. The van der Waals surface area contributed by atoms with E-state index < -0.39 is 0 Å². The molecule has 1 aromatic rings. The summed E-state index contributed by atoms with van der Waals surface area (Å²) in [5, 5.41) is 0. The molecule has 0 aliphatic rings. The summed E-state index contributed by atoms with van der Waals surface area (Å²) in [6, 6.07) is 6.40. The van der Waals surface area contributed by atoms with E-state index in [1.54, 1.807) is 12.1 Å². The van der Waals surface area contributed by atoms with Crippen LogP contribution in [0.3, 0.4) is 0 Å². The molecule has 13 heavy (non-hydrogen) atoms. The Balaban J connectivity index is 3.33. The Labute approximate surface area is 77.2 Å². The normalized spacial score (nSPS) is 10.1. The highest BCUT2D eigenvalue weighted by atomic mass is 16.1. The molecule has 0 spiro atoms. The first-order valence-electron chi connectivity index (χ1n) is 4.24. The van der Waals surface area contributed by atoms with E-state index >= 15 is 0 Å². The number of carbonyl (C=O) groups excluding carboxylic acids is 1. The van der Waals surface area contributed by atoms with Crippen molar-refractivity contribution in [2.75, 3.05) is 0 Å². The van der Waals surface area contributed by atoms with Crippen LogP contribution in [0.15, 0.2) is 29.1 Å². The highest BCUT2D eigenvalue weighted by Gasteiger charge is 1.98. The van der Waals surface area contributed by atoms with Crippen LogP contribution in [-0.2, 0) is 0 Å². The Hall–Kier alpha value is -1.44. The number of rotatable bonds is 2. The first kappa shape index (κ1) is 9.65.